The van der Waals surface area contributed by atoms with Crippen molar-refractivity contribution in [2.75, 3.05) is 7.11 Å². The molecule has 0 aliphatic carbocycles. The van der Waals surface area contributed by atoms with Gasteiger partial charge in [-0.05, 0) is 12.1 Å². The lowest BCUT2D eigenvalue weighted by Crippen LogP contribution is -2.29. The molecule has 0 bridgehead atoms. The maximum atomic E-state index is 6.60. The first-order chi connectivity index (χ1) is 7.68. The molecule has 0 saturated heterocycles. The van der Waals surface area contributed by atoms with Crippen molar-refractivity contribution in [3.63, 3.8) is 0 Å². The summed E-state index contributed by atoms with van der Waals surface area (Å²) in [7, 11) is -0.0467. The summed E-state index contributed by atoms with van der Waals surface area (Å²) in [5.41, 5.74) is 0. The Kier molecular flexibility index (Phi) is 10.9. The molecular weight excluding hydrogens is 236 g/mol. The predicted molar refractivity (Wildman–Crippen MR) is 76.5 cm³/mol. The van der Waals surface area contributed by atoms with E-state index in [1.807, 2.05) is 0 Å². The van der Waals surface area contributed by atoms with Crippen LogP contribution in [0.5, 0.6) is 0 Å². The molecule has 0 fully saturated rings. The number of hydrogen-bond donors (Lipinski definition) is 0. The van der Waals surface area contributed by atoms with Crippen LogP contribution in [-0.2, 0) is 4.43 Å². The van der Waals surface area contributed by atoms with Crippen LogP contribution in [0.25, 0.3) is 0 Å². The molecule has 0 aromatic rings. The summed E-state index contributed by atoms with van der Waals surface area (Å²) in [6.07, 6.45) is 10.4. The number of halogens is 1. The van der Waals surface area contributed by atoms with Gasteiger partial charge in [0.2, 0.25) is 0 Å². The highest BCUT2D eigenvalue weighted by molar-refractivity contribution is 7.16. The lowest BCUT2D eigenvalue weighted by Gasteiger charge is -2.22. The van der Waals surface area contributed by atoms with E-state index in [4.69, 9.17) is 15.5 Å². The predicted octanol–water partition coefficient (Wildman–Crippen LogP) is 5.47. The van der Waals surface area contributed by atoms with Crippen LogP contribution >= 0.6 is 11.1 Å². The Bertz CT molecular complexity index is 141. The zero-order valence-corrected chi connectivity index (χ0v) is 13.1. The molecule has 1 nitrogen and oxygen atoms in total. The Morgan fingerprint density at radius 3 is 1.56 bits per heavy atom. The average Bonchev–Trinajstić information content (AvgIpc) is 2.31. The zero-order valence-electron chi connectivity index (χ0n) is 11.4. The molecule has 3 heteroatoms. The van der Waals surface area contributed by atoms with Gasteiger partial charge in [0.05, 0.1) is 0 Å². The van der Waals surface area contributed by atoms with E-state index < -0.39 is 7.63 Å². The first-order valence-corrected chi connectivity index (χ1v) is 10.3. The maximum absolute atomic E-state index is 6.60. The van der Waals surface area contributed by atoms with Crippen molar-refractivity contribution in [1.82, 2.24) is 0 Å². The van der Waals surface area contributed by atoms with Gasteiger partial charge in [-0.1, -0.05) is 65.2 Å². The van der Waals surface area contributed by atoms with E-state index in [1.54, 1.807) is 7.11 Å². The number of rotatable bonds is 11. The maximum Gasteiger partial charge on any atom is 0.289 e. The molecule has 0 aliphatic rings. The van der Waals surface area contributed by atoms with Crippen LogP contribution in [0.2, 0.25) is 12.1 Å². The topological polar surface area (TPSA) is 9.23 Å². The largest absolute Gasteiger partial charge is 0.406 e. The molecule has 0 aliphatic heterocycles. The van der Waals surface area contributed by atoms with Crippen LogP contribution in [-0.4, -0.2) is 14.7 Å². The molecule has 0 atom stereocenters. The Hall–Kier alpha value is 0.467. The van der Waals surface area contributed by atoms with Gasteiger partial charge in [-0.25, -0.2) is 0 Å². The smallest absolute Gasteiger partial charge is 0.289 e. The van der Waals surface area contributed by atoms with Crippen molar-refractivity contribution < 1.29 is 4.43 Å². The molecule has 98 valence electrons. The molecule has 16 heavy (non-hydrogen) atoms. The minimum absolute atomic E-state index is 1.14. The summed E-state index contributed by atoms with van der Waals surface area (Å²) in [6, 6.07) is 2.27. The third-order valence-electron chi connectivity index (χ3n) is 3.17. The third-order valence-corrected chi connectivity index (χ3v) is 7.70. The van der Waals surface area contributed by atoms with Gasteiger partial charge in [-0.15, -0.1) is 11.1 Å². The molecule has 0 aromatic heterocycles. The summed E-state index contributed by atoms with van der Waals surface area (Å²) >= 11 is 6.60. The molecule has 0 saturated carbocycles. The van der Waals surface area contributed by atoms with Crippen molar-refractivity contribution in [2.24, 2.45) is 0 Å². The molecule has 0 radical (unpaired) electrons. The average molecular weight is 265 g/mol. The van der Waals surface area contributed by atoms with Crippen LogP contribution in [0.15, 0.2) is 0 Å². The van der Waals surface area contributed by atoms with Gasteiger partial charge in [-0.3, -0.25) is 0 Å². The highest BCUT2D eigenvalue weighted by atomic mass is 35.6. The summed E-state index contributed by atoms with van der Waals surface area (Å²) in [5.74, 6) is 0. The normalized spacial score (nSPS) is 12.0. The van der Waals surface area contributed by atoms with Gasteiger partial charge >= 0.3 is 0 Å². The van der Waals surface area contributed by atoms with Crippen LogP contribution in [0.4, 0.5) is 0 Å². The molecule has 0 N–H and O–H groups in total. The number of unbranched alkanes of at least 4 members (excludes halogenated alkanes) is 6. The fraction of sp³-hybridized carbons (Fsp3) is 1.00. The van der Waals surface area contributed by atoms with Crippen LogP contribution in [0.1, 0.15) is 65.2 Å². The quantitative estimate of drug-likeness (QED) is 0.273. The highest BCUT2D eigenvalue weighted by Gasteiger charge is 2.30. The first kappa shape index (κ1) is 16.5. The summed E-state index contributed by atoms with van der Waals surface area (Å²) in [5, 5.41) is 0. The van der Waals surface area contributed by atoms with Crippen LogP contribution in [0.3, 0.4) is 0 Å². The minimum Gasteiger partial charge on any atom is -0.406 e. The van der Waals surface area contributed by atoms with E-state index in [2.05, 4.69) is 13.8 Å². The third kappa shape index (κ3) is 8.60. The van der Waals surface area contributed by atoms with Gasteiger partial charge in [0.25, 0.3) is 7.63 Å². The van der Waals surface area contributed by atoms with Crippen molar-refractivity contribution in [1.29, 1.82) is 0 Å². The van der Waals surface area contributed by atoms with Crippen molar-refractivity contribution >= 4 is 18.7 Å². The van der Waals surface area contributed by atoms with E-state index in [1.165, 1.54) is 51.4 Å². The molecule has 0 amide bonds. The van der Waals surface area contributed by atoms with E-state index >= 15 is 0 Å². The molecular formula is C13H29ClOSi. The SMILES string of the molecule is CCCCCC[Si](Cl)(CCCCCC)OC. The molecule has 0 heterocycles. The van der Waals surface area contributed by atoms with E-state index in [0.717, 1.165) is 12.1 Å². The van der Waals surface area contributed by atoms with E-state index in [0.29, 0.717) is 0 Å². The standard InChI is InChI=1S/C13H29ClOSi/c1-4-6-8-10-12-16(14,15-3)13-11-9-7-5-2/h4-13H2,1-3H3. The molecule has 0 rings (SSSR count). The fourth-order valence-corrected chi connectivity index (χ4v) is 4.98. The number of hydrogen-bond acceptors (Lipinski definition) is 1. The second-order valence-corrected chi connectivity index (χ2v) is 9.95. The van der Waals surface area contributed by atoms with Crippen LogP contribution in [0, 0.1) is 0 Å². The zero-order chi connectivity index (χ0) is 12.3. The van der Waals surface area contributed by atoms with Gasteiger partial charge in [0, 0.05) is 7.11 Å². The van der Waals surface area contributed by atoms with Crippen LogP contribution < -0.4 is 0 Å². The highest BCUT2D eigenvalue weighted by Crippen LogP contribution is 2.27. The second kappa shape index (κ2) is 10.6. The van der Waals surface area contributed by atoms with E-state index in [-0.39, 0.29) is 0 Å². The van der Waals surface area contributed by atoms with E-state index in [9.17, 15) is 0 Å². The monoisotopic (exact) mass is 264 g/mol. The minimum atomic E-state index is -1.85. The van der Waals surface area contributed by atoms with Crippen molar-refractivity contribution in [2.45, 2.75) is 77.3 Å². The lowest BCUT2D eigenvalue weighted by atomic mass is 10.2. The van der Waals surface area contributed by atoms with Gasteiger partial charge in [-0.2, -0.15) is 0 Å². The lowest BCUT2D eigenvalue weighted by molar-refractivity contribution is 0.403. The molecule has 0 aromatic carbocycles. The summed E-state index contributed by atoms with van der Waals surface area (Å²) < 4.78 is 5.60. The second-order valence-electron chi connectivity index (χ2n) is 4.71. The van der Waals surface area contributed by atoms with Crippen molar-refractivity contribution in [3.05, 3.63) is 0 Å². The molecule has 0 unspecified atom stereocenters. The Morgan fingerprint density at radius 2 is 1.25 bits per heavy atom. The Balaban J connectivity index is 3.64. The summed E-state index contributed by atoms with van der Waals surface area (Å²) in [4.78, 5) is 0. The fourth-order valence-electron chi connectivity index (χ4n) is 1.96. The van der Waals surface area contributed by atoms with Gasteiger partial charge in [0.1, 0.15) is 0 Å². The first-order valence-electron chi connectivity index (χ1n) is 6.92. The van der Waals surface area contributed by atoms with Crippen molar-refractivity contribution in [3.8, 4) is 0 Å². The molecule has 0 spiro atoms. The van der Waals surface area contributed by atoms with Gasteiger partial charge in [0.15, 0.2) is 0 Å². The Labute approximate surface area is 108 Å². The Morgan fingerprint density at radius 1 is 0.812 bits per heavy atom. The van der Waals surface area contributed by atoms with Gasteiger partial charge < -0.3 is 4.43 Å². The summed E-state index contributed by atoms with van der Waals surface area (Å²) in [6.45, 7) is 4.49.